The highest BCUT2D eigenvalue weighted by molar-refractivity contribution is 6.31. The van der Waals surface area contributed by atoms with Crippen molar-refractivity contribution in [3.63, 3.8) is 0 Å². The largest absolute Gasteiger partial charge is 0.490 e. The summed E-state index contributed by atoms with van der Waals surface area (Å²) in [6.07, 6.45) is 6.72. The van der Waals surface area contributed by atoms with Crippen molar-refractivity contribution in [2.24, 2.45) is 5.92 Å². The van der Waals surface area contributed by atoms with Gasteiger partial charge in [-0.1, -0.05) is 11.6 Å². The molecule has 1 atom stereocenters. The van der Waals surface area contributed by atoms with E-state index in [-0.39, 0.29) is 59.4 Å². The van der Waals surface area contributed by atoms with E-state index in [0.29, 0.717) is 22.3 Å². The summed E-state index contributed by atoms with van der Waals surface area (Å²) in [7, 11) is 0. The Morgan fingerprint density at radius 2 is 1.61 bits per heavy atom. The Labute approximate surface area is 345 Å². The average molecular weight is 826 g/mol. The van der Waals surface area contributed by atoms with Gasteiger partial charge >= 0.3 is 0 Å². The molecule has 5 aliphatic rings. The smallest absolute Gasteiger partial charge is 0.272 e. The van der Waals surface area contributed by atoms with Crippen LogP contribution in [0.3, 0.4) is 0 Å². The highest BCUT2D eigenvalue weighted by Crippen LogP contribution is 2.33. The lowest BCUT2D eigenvalue weighted by atomic mass is 9.92. The predicted molar refractivity (Wildman–Crippen MR) is 213 cm³/mol. The third-order valence-corrected chi connectivity index (χ3v) is 12.5. The Morgan fingerprint density at radius 3 is 2.27 bits per heavy atom. The summed E-state index contributed by atoms with van der Waals surface area (Å²) in [5.41, 5.74) is 0.804. The van der Waals surface area contributed by atoms with E-state index in [9.17, 15) is 24.0 Å². The Bertz CT molecular complexity index is 2180. The van der Waals surface area contributed by atoms with Gasteiger partial charge in [0.05, 0.1) is 33.5 Å². The second-order valence-electron chi connectivity index (χ2n) is 16.1. The first-order valence-electron chi connectivity index (χ1n) is 20.3. The molecule has 3 aromatic rings. The van der Waals surface area contributed by atoms with Crippen molar-refractivity contribution >= 4 is 52.6 Å². The molecule has 5 amide bonds. The van der Waals surface area contributed by atoms with Crippen LogP contribution in [0.5, 0.6) is 5.75 Å². The van der Waals surface area contributed by atoms with E-state index in [1.54, 1.807) is 24.3 Å². The van der Waals surface area contributed by atoms with Gasteiger partial charge in [-0.3, -0.25) is 34.2 Å². The maximum absolute atomic E-state index is 15.2. The lowest BCUT2D eigenvalue weighted by molar-refractivity contribution is -0.136. The second kappa shape index (κ2) is 17.3. The Hall–Kier alpha value is -5.66. The van der Waals surface area contributed by atoms with Crippen LogP contribution in [0.2, 0.25) is 5.02 Å². The number of nitrogens with one attached hydrogen (secondary N) is 3. The van der Waals surface area contributed by atoms with Gasteiger partial charge in [0.1, 0.15) is 23.7 Å². The van der Waals surface area contributed by atoms with Crippen LogP contribution >= 0.6 is 11.6 Å². The first-order valence-corrected chi connectivity index (χ1v) is 20.7. The van der Waals surface area contributed by atoms with E-state index >= 15 is 4.39 Å². The van der Waals surface area contributed by atoms with Gasteiger partial charge in [0.25, 0.3) is 17.7 Å². The predicted octanol–water partition coefficient (Wildman–Crippen LogP) is 4.45. The number of carbonyl (C=O) groups excluding carboxylic acids is 5. The number of fused-ring (bicyclic) bond motifs is 1. The number of likely N-dealkylation sites (tertiary alicyclic amines) is 1. The van der Waals surface area contributed by atoms with Crippen molar-refractivity contribution in [2.45, 2.75) is 88.4 Å². The summed E-state index contributed by atoms with van der Waals surface area (Å²) in [6.45, 7) is 4.31. The van der Waals surface area contributed by atoms with E-state index in [0.717, 1.165) is 101 Å². The molecule has 1 unspecified atom stereocenters. The molecule has 1 aliphatic carbocycles. The number of nitrogens with zero attached hydrogens (tertiary/aromatic N) is 6. The van der Waals surface area contributed by atoms with Gasteiger partial charge in [-0.2, -0.15) is 5.26 Å². The number of imide groups is 2. The Balaban J connectivity index is 0.747. The highest BCUT2D eigenvalue weighted by atomic mass is 35.5. The van der Waals surface area contributed by atoms with Crippen molar-refractivity contribution < 1.29 is 33.1 Å². The van der Waals surface area contributed by atoms with Gasteiger partial charge in [0.2, 0.25) is 11.8 Å². The van der Waals surface area contributed by atoms with Crippen LogP contribution in [0.15, 0.2) is 42.5 Å². The van der Waals surface area contributed by atoms with E-state index in [1.807, 2.05) is 12.1 Å². The third kappa shape index (κ3) is 8.86. The topological polar surface area (TPSA) is 190 Å². The van der Waals surface area contributed by atoms with Crippen LogP contribution in [0.25, 0.3) is 0 Å². The number of ether oxygens (including phenoxy) is 1. The van der Waals surface area contributed by atoms with Crippen molar-refractivity contribution in [1.29, 1.82) is 5.26 Å². The fourth-order valence-electron chi connectivity index (χ4n) is 8.84. The number of carbonyl (C=O) groups is 5. The summed E-state index contributed by atoms with van der Waals surface area (Å²) in [6, 6.07) is 12.0. The molecule has 5 heterocycles. The number of benzene rings is 2. The van der Waals surface area contributed by atoms with Crippen molar-refractivity contribution in [3.8, 4) is 11.8 Å². The minimum atomic E-state index is -1.11. The normalized spacial score (nSPS) is 23.1. The van der Waals surface area contributed by atoms with Gasteiger partial charge in [-0.15, -0.1) is 10.2 Å². The van der Waals surface area contributed by atoms with E-state index < -0.39 is 35.5 Å². The van der Waals surface area contributed by atoms with Crippen LogP contribution in [0.1, 0.15) is 101 Å². The number of hydrogen-bond acceptors (Lipinski definition) is 12. The Kier molecular flexibility index (Phi) is 11.8. The van der Waals surface area contributed by atoms with Crippen molar-refractivity contribution in [2.75, 3.05) is 42.9 Å². The van der Waals surface area contributed by atoms with Gasteiger partial charge in [-0.05, 0) is 100 Å². The van der Waals surface area contributed by atoms with Gasteiger partial charge in [0.15, 0.2) is 11.5 Å². The second-order valence-corrected chi connectivity index (χ2v) is 16.5. The SMILES string of the molecule is N#Cc1ccc(OC2CCC(NC(=O)c3ccc(N4CCC(CN5CCC(Nc6cc7c(cc6F)C(=O)N(C6CCC(=O)NC6=O)C7=O)CC5)CC4)nn3)CC2)cc1Cl. The fourth-order valence-corrected chi connectivity index (χ4v) is 9.06. The molecule has 308 valence electrons. The molecule has 0 spiro atoms. The van der Waals surface area contributed by atoms with Crippen LogP contribution in [0.4, 0.5) is 15.9 Å². The molecule has 17 heteroatoms. The van der Waals surface area contributed by atoms with E-state index in [1.165, 1.54) is 6.07 Å². The first-order chi connectivity index (χ1) is 28.5. The summed E-state index contributed by atoms with van der Waals surface area (Å²) >= 11 is 6.14. The molecular formula is C42H45ClFN9O6. The molecule has 4 aliphatic heterocycles. The molecular weight excluding hydrogens is 781 g/mol. The zero-order valence-electron chi connectivity index (χ0n) is 32.4. The maximum Gasteiger partial charge on any atom is 0.272 e. The minimum absolute atomic E-state index is 0.00874. The van der Waals surface area contributed by atoms with E-state index in [4.69, 9.17) is 21.6 Å². The summed E-state index contributed by atoms with van der Waals surface area (Å²) < 4.78 is 21.3. The highest BCUT2D eigenvalue weighted by Gasteiger charge is 2.45. The molecule has 15 nitrogen and oxygen atoms in total. The van der Waals surface area contributed by atoms with Crippen LogP contribution in [-0.4, -0.2) is 106 Å². The number of aromatic nitrogens is 2. The molecule has 8 rings (SSSR count). The van der Waals surface area contributed by atoms with Crippen LogP contribution < -0.4 is 25.6 Å². The maximum atomic E-state index is 15.2. The fraction of sp³-hybridized carbons (Fsp3) is 0.476. The van der Waals surface area contributed by atoms with E-state index in [2.05, 4.69) is 35.9 Å². The number of hydrogen-bond donors (Lipinski definition) is 3. The number of piperidine rings is 3. The molecule has 4 fully saturated rings. The standard InChI is InChI=1S/C42H45ClFN9O6/c43-32-19-29(4-1-25(32)22-45)59-28-5-2-26(3-6-28)47-39(55)34-7-9-37(50-49-34)52-17-11-24(12-18-52)23-51-15-13-27(14-16-51)46-35-21-31-30(20-33(35)44)41(57)53(42(31)58)36-8-10-38(54)48-40(36)56/h1,4,7,9,19-21,24,26-28,36,46H,2-3,5-6,8,10-18,23H2,(H,47,55)(H,48,54,56). The summed E-state index contributed by atoms with van der Waals surface area (Å²) in [5.74, 6) is -1.55. The third-order valence-electron chi connectivity index (χ3n) is 12.2. The number of rotatable bonds is 10. The van der Waals surface area contributed by atoms with Gasteiger partial charge < -0.3 is 25.2 Å². The molecule has 3 N–H and O–H groups in total. The molecule has 0 radical (unpaired) electrons. The molecule has 1 saturated carbocycles. The minimum Gasteiger partial charge on any atom is -0.490 e. The summed E-state index contributed by atoms with van der Waals surface area (Å²) in [5, 5.41) is 26.6. The zero-order chi connectivity index (χ0) is 41.2. The van der Waals surface area contributed by atoms with Gasteiger partial charge in [0, 0.05) is 57.3 Å². The van der Waals surface area contributed by atoms with Crippen molar-refractivity contribution in [1.82, 2.24) is 30.6 Å². The summed E-state index contributed by atoms with van der Waals surface area (Å²) in [4.78, 5) is 68.7. The molecule has 0 bridgehead atoms. The Morgan fingerprint density at radius 1 is 0.881 bits per heavy atom. The monoisotopic (exact) mass is 825 g/mol. The lowest BCUT2D eigenvalue weighted by Crippen LogP contribution is -2.54. The molecule has 2 aromatic carbocycles. The zero-order valence-corrected chi connectivity index (χ0v) is 33.2. The van der Waals surface area contributed by atoms with Crippen molar-refractivity contribution in [3.05, 3.63) is 75.7 Å². The number of halogens is 2. The number of amides is 5. The molecule has 3 saturated heterocycles. The quantitative estimate of drug-likeness (QED) is 0.244. The first kappa shape index (κ1) is 40.1. The average Bonchev–Trinajstić information content (AvgIpc) is 3.47. The number of anilines is 2. The lowest BCUT2D eigenvalue weighted by Gasteiger charge is -2.38. The molecule has 1 aromatic heterocycles. The van der Waals surface area contributed by atoms with Crippen LogP contribution in [0, 0.1) is 23.1 Å². The van der Waals surface area contributed by atoms with Gasteiger partial charge in [-0.25, -0.2) is 4.39 Å². The van der Waals surface area contributed by atoms with Crippen LogP contribution in [-0.2, 0) is 9.59 Å². The number of nitriles is 1. The molecule has 59 heavy (non-hydrogen) atoms.